The zero-order valence-electron chi connectivity index (χ0n) is 10.1. The lowest BCUT2D eigenvalue weighted by Crippen LogP contribution is -1.80. The summed E-state index contributed by atoms with van der Waals surface area (Å²) in [5.41, 5.74) is 4.67. The first-order valence-corrected chi connectivity index (χ1v) is 5.75. The van der Waals surface area contributed by atoms with E-state index in [1.807, 2.05) is 18.2 Å². The van der Waals surface area contributed by atoms with Crippen LogP contribution < -0.4 is 0 Å². The van der Waals surface area contributed by atoms with Gasteiger partial charge in [0.25, 0.3) is 0 Å². The van der Waals surface area contributed by atoms with E-state index in [9.17, 15) is 0 Å². The molecule has 0 fully saturated rings. The molecule has 0 saturated carbocycles. The maximum absolute atomic E-state index is 4.09. The lowest BCUT2D eigenvalue weighted by molar-refractivity contribution is 1.45. The molecule has 0 radical (unpaired) electrons. The Labute approximate surface area is 103 Å². The summed E-state index contributed by atoms with van der Waals surface area (Å²) in [5.74, 6) is 0. The Morgan fingerprint density at radius 1 is 1.00 bits per heavy atom. The third-order valence-corrected chi connectivity index (χ3v) is 2.67. The number of hydrogen-bond donors (Lipinski definition) is 0. The number of hydrogen-bond acceptors (Lipinski definition) is 0. The highest BCUT2D eigenvalue weighted by Gasteiger charge is 1.94. The van der Waals surface area contributed by atoms with E-state index in [1.54, 1.807) is 0 Å². The van der Waals surface area contributed by atoms with E-state index in [2.05, 4.69) is 62.1 Å². The minimum absolute atomic E-state index is 1.04. The van der Waals surface area contributed by atoms with Crippen LogP contribution in [0.2, 0.25) is 0 Å². The van der Waals surface area contributed by atoms with Crippen molar-refractivity contribution in [1.29, 1.82) is 0 Å². The SMILES string of the molecule is C=C(C=Cc1ccccc1)c1cccc(C)c1. The maximum atomic E-state index is 4.09. The van der Waals surface area contributed by atoms with Gasteiger partial charge in [-0.3, -0.25) is 0 Å². The van der Waals surface area contributed by atoms with Crippen LogP contribution in [0.5, 0.6) is 0 Å². The molecule has 0 N–H and O–H groups in total. The van der Waals surface area contributed by atoms with Gasteiger partial charge in [0.1, 0.15) is 0 Å². The maximum Gasteiger partial charge on any atom is -0.0187 e. The first-order valence-electron chi connectivity index (χ1n) is 5.75. The summed E-state index contributed by atoms with van der Waals surface area (Å²) in [4.78, 5) is 0. The molecule has 2 rings (SSSR count). The Hall–Kier alpha value is -2.08. The van der Waals surface area contributed by atoms with Gasteiger partial charge in [-0.15, -0.1) is 0 Å². The predicted molar refractivity (Wildman–Crippen MR) is 75.7 cm³/mol. The van der Waals surface area contributed by atoms with E-state index in [4.69, 9.17) is 0 Å². The van der Waals surface area contributed by atoms with E-state index in [0.717, 1.165) is 5.57 Å². The van der Waals surface area contributed by atoms with Gasteiger partial charge in [-0.25, -0.2) is 0 Å². The highest BCUT2D eigenvalue weighted by atomic mass is 14.0. The lowest BCUT2D eigenvalue weighted by atomic mass is 10.0. The second-order valence-corrected chi connectivity index (χ2v) is 4.14. The molecule has 0 atom stereocenters. The Morgan fingerprint density at radius 3 is 2.47 bits per heavy atom. The summed E-state index contributed by atoms with van der Waals surface area (Å²) in [7, 11) is 0. The fraction of sp³-hybridized carbons (Fsp3) is 0.0588. The molecule has 17 heavy (non-hydrogen) atoms. The Bertz CT molecular complexity index is 533. The molecule has 0 spiro atoms. The van der Waals surface area contributed by atoms with Gasteiger partial charge in [0.2, 0.25) is 0 Å². The lowest BCUT2D eigenvalue weighted by Gasteiger charge is -2.01. The third kappa shape index (κ3) is 3.18. The summed E-state index contributed by atoms with van der Waals surface area (Å²) >= 11 is 0. The topological polar surface area (TPSA) is 0 Å². The van der Waals surface area contributed by atoms with Gasteiger partial charge < -0.3 is 0 Å². The molecule has 0 nitrogen and oxygen atoms in total. The molecule has 0 saturated heterocycles. The number of rotatable bonds is 3. The molecule has 0 aliphatic rings. The van der Waals surface area contributed by atoms with Gasteiger partial charge in [0.05, 0.1) is 0 Å². The minimum Gasteiger partial charge on any atom is -0.0912 e. The summed E-state index contributed by atoms with van der Waals surface area (Å²) < 4.78 is 0. The first kappa shape index (κ1) is 11.4. The normalized spacial score (nSPS) is 10.6. The van der Waals surface area contributed by atoms with E-state index in [-0.39, 0.29) is 0 Å². The first-order chi connectivity index (χ1) is 8.25. The van der Waals surface area contributed by atoms with Crippen molar-refractivity contribution in [3.05, 3.63) is 83.9 Å². The van der Waals surface area contributed by atoms with Gasteiger partial charge in [0, 0.05) is 0 Å². The monoisotopic (exact) mass is 220 g/mol. The average molecular weight is 220 g/mol. The smallest absolute Gasteiger partial charge is 0.0187 e. The Morgan fingerprint density at radius 2 is 1.76 bits per heavy atom. The minimum atomic E-state index is 1.04. The van der Waals surface area contributed by atoms with Crippen LogP contribution in [-0.2, 0) is 0 Å². The van der Waals surface area contributed by atoms with Crippen molar-refractivity contribution >= 4 is 11.6 Å². The van der Waals surface area contributed by atoms with Gasteiger partial charge >= 0.3 is 0 Å². The van der Waals surface area contributed by atoms with Crippen LogP contribution >= 0.6 is 0 Å². The van der Waals surface area contributed by atoms with Crippen LogP contribution in [0.25, 0.3) is 11.6 Å². The summed E-state index contributed by atoms with van der Waals surface area (Å²) in [6.45, 7) is 6.19. The van der Waals surface area contributed by atoms with Crippen molar-refractivity contribution in [2.75, 3.05) is 0 Å². The number of allylic oxidation sites excluding steroid dienone is 2. The number of aryl methyl sites for hydroxylation is 1. The molecule has 2 aromatic rings. The van der Waals surface area contributed by atoms with Gasteiger partial charge in [-0.05, 0) is 23.6 Å². The second kappa shape index (κ2) is 5.31. The van der Waals surface area contributed by atoms with E-state index >= 15 is 0 Å². The van der Waals surface area contributed by atoms with Crippen molar-refractivity contribution in [3.63, 3.8) is 0 Å². The molecule has 0 unspecified atom stereocenters. The van der Waals surface area contributed by atoms with E-state index in [1.165, 1.54) is 16.7 Å². The fourth-order valence-corrected chi connectivity index (χ4v) is 1.70. The molecule has 0 bridgehead atoms. The molecule has 0 aliphatic carbocycles. The number of benzene rings is 2. The highest BCUT2D eigenvalue weighted by molar-refractivity contribution is 5.77. The zero-order chi connectivity index (χ0) is 12.1. The molecule has 0 heteroatoms. The summed E-state index contributed by atoms with van der Waals surface area (Å²) in [6, 6.07) is 18.7. The average Bonchev–Trinajstić information content (AvgIpc) is 2.37. The largest absolute Gasteiger partial charge is 0.0912 e. The van der Waals surface area contributed by atoms with Gasteiger partial charge in [-0.2, -0.15) is 0 Å². The molecule has 2 aromatic carbocycles. The van der Waals surface area contributed by atoms with Crippen molar-refractivity contribution in [3.8, 4) is 0 Å². The van der Waals surface area contributed by atoms with Gasteiger partial charge in [-0.1, -0.05) is 78.9 Å². The van der Waals surface area contributed by atoms with Crippen LogP contribution in [0.4, 0.5) is 0 Å². The second-order valence-electron chi connectivity index (χ2n) is 4.14. The van der Waals surface area contributed by atoms with E-state index in [0.29, 0.717) is 0 Å². The van der Waals surface area contributed by atoms with E-state index < -0.39 is 0 Å². The third-order valence-electron chi connectivity index (χ3n) is 2.67. The molecule has 0 aliphatic heterocycles. The van der Waals surface area contributed by atoms with Crippen LogP contribution in [-0.4, -0.2) is 0 Å². The molecule has 84 valence electrons. The Balaban J connectivity index is 2.15. The van der Waals surface area contributed by atoms with Crippen LogP contribution in [0.3, 0.4) is 0 Å². The summed E-state index contributed by atoms with van der Waals surface area (Å²) in [6.07, 6.45) is 4.15. The van der Waals surface area contributed by atoms with Crippen molar-refractivity contribution < 1.29 is 0 Å². The predicted octanol–water partition coefficient (Wildman–Crippen LogP) is 4.72. The van der Waals surface area contributed by atoms with Crippen LogP contribution in [0.15, 0.2) is 67.3 Å². The molecule has 0 aromatic heterocycles. The summed E-state index contributed by atoms with van der Waals surface area (Å²) in [5, 5.41) is 0. The van der Waals surface area contributed by atoms with Crippen molar-refractivity contribution in [2.45, 2.75) is 6.92 Å². The standard InChI is InChI=1S/C17H16/c1-14-7-6-10-17(13-14)15(2)11-12-16-8-4-3-5-9-16/h3-13H,2H2,1H3. The molecular weight excluding hydrogens is 204 g/mol. The molecule has 0 amide bonds. The molecular formula is C17H16. The van der Waals surface area contributed by atoms with Crippen molar-refractivity contribution in [1.82, 2.24) is 0 Å². The van der Waals surface area contributed by atoms with Crippen LogP contribution in [0, 0.1) is 6.92 Å². The molecule has 0 heterocycles. The fourth-order valence-electron chi connectivity index (χ4n) is 1.70. The van der Waals surface area contributed by atoms with Gasteiger partial charge in [0.15, 0.2) is 0 Å². The highest BCUT2D eigenvalue weighted by Crippen LogP contribution is 2.16. The van der Waals surface area contributed by atoms with Crippen LogP contribution in [0.1, 0.15) is 16.7 Å². The quantitative estimate of drug-likeness (QED) is 0.656. The zero-order valence-corrected chi connectivity index (χ0v) is 10.1. The Kier molecular flexibility index (Phi) is 3.56. The van der Waals surface area contributed by atoms with Crippen molar-refractivity contribution in [2.24, 2.45) is 0 Å².